The summed E-state index contributed by atoms with van der Waals surface area (Å²) in [6.45, 7) is 0.488. The lowest BCUT2D eigenvalue weighted by Crippen LogP contribution is -2.34. The summed E-state index contributed by atoms with van der Waals surface area (Å²) in [6, 6.07) is 5.00. The van der Waals surface area contributed by atoms with Crippen molar-refractivity contribution in [2.75, 3.05) is 6.61 Å². The van der Waals surface area contributed by atoms with Gasteiger partial charge in [-0.2, -0.15) is 0 Å². The Bertz CT molecular complexity index is 446. The summed E-state index contributed by atoms with van der Waals surface area (Å²) in [5.41, 5.74) is 0.527. The first-order valence-electron chi connectivity index (χ1n) is 5.35. The average molecular weight is 301 g/mol. The molecule has 1 aromatic carbocycles. The second-order valence-corrected chi connectivity index (χ2v) is 5.24. The van der Waals surface area contributed by atoms with Crippen LogP contribution in [0.4, 0.5) is 5.69 Å². The van der Waals surface area contributed by atoms with Gasteiger partial charge in [0.15, 0.2) is 0 Å². The monoisotopic (exact) mass is 300 g/mol. The Balaban J connectivity index is 2.12. The minimum absolute atomic E-state index is 0.0807. The maximum atomic E-state index is 10.9. The third kappa shape index (κ3) is 2.83. The van der Waals surface area contributed by atoms with Crippen LogP contribution in [0.25, 0.3) is 0 Å². The molecule has 6 heteroatoms. The summed E-state index contributed by atoms with van der Waals surface area (Å²) in [5, 5.41) is 23.2. The second kappa shape index (κ2) is 4.72. The highest BCUT2D eigenvalue weighted by molar-refractivity contribution is 9.10. The molecule has 17 heavy (non-hydrogen) atoms. The van der Waals surface area contributed by atoms with E-state index < -0.39 is 0 Å². The summed E-state index contributed by atoms with van der Waals surface area (Å²) < 4.78 is 0.691. The van der Waals surface area contributed by atoms with Gasteiger partial charge in [-0.05, 0) is 25.0 Å². The zero-order valence-corrected chi connectivity index (χ0v) is 10.7. The number of aliphatic hydroxyl groups excluding tert-OH is 1. The molecular formula is C11H13BrN2O3. The number of benzene rings is 1. The molecule has 1 saturated carbocycles. The van der Waals surface area contributed by atoms with Gasteiger partial charge in [0, 0.05) is 28.2 Å². The summed E-state index contributed by atoms with van der Waals surface area (Å²) in [4.78, 5) is 10.5. The molecular weight excluding hydrogens is 288 g/mol. The summed E-state index contributed by atoms with van der Waals surface area (Å²) in [5.74, 6) is 0. The Morgan fingerprint density at radius 3 is 2.76 bits per heavy atom. The average Bonchev–Trinajstić information content (AvgIpc) is 3.08. The number of rotatable bonds is 5. The zero-order chi connectivity index (χ0) is 12.5. The van der Waals surface area contributed by atoms with Gasteiger partial charge in [0.25, 0.3) is 5.69 Å². The van der Waals surface area contributed by atoms with Gasteiger partial charge < -0.3 is 10.4 Å². The molecule has 1 aliphatic rings. The fraction of sp³-hybridized carbons (Fsp3) is 0.455. The fourth-order valence-corrected chi connectivity index (χ4v) is 2.03. The van der Waals surface area contributed by atoms with Crippen molar-refractivity contribution in [3.8, 4) is 0 Å². The Hall–Kier alpha value is -0.980. The van der Waals surface area contributed by atoms with Gasteiger partial charge in [-0.1, -0.05) is 15.9 Å². The van der Waals surface area contributed by atoms with Crippen LogP contribution in [-0.4, -0.2) is 22.2 Å². The largest absolute Gasteiger partial charge is 0.394 e. The third-order valence-electron chi connectivity index (χ3n) is 3.05. The summed E-state index contributed by atoms with van der Waals surface area (Å²) in [7, 11) is 0. The number of aliphatic hydroxyl groups is 1. The standard InChI is InChI=1S/C11H13BrN2O3/c12-9-2-1-8(10(5-9)14(16)17)6-13-11(7-15)3-4-11/h1-2,5,13,15H,3-4,6-7H2. The van der Waals surface area contributed by atoms with Gasteiger partial charge in [0.2, 0.25) is 0 Å². The molecule has 0 saturated heterocycles. The van der Waals surface area contributed by atoms with Crippen molar-refractivity contribution in [3.05, 3.63) is 38.3 Å². The number of hydrogen-bond acceptors (Lipinski definition) is 4. The van der Waals surface area contributed by atoms with E-state index in [9.17, 15) is 10.1 Å². The SMILES string of the molecule is O=[N+]([O-])c1cc(Br)ccc1CNC1(CO)CC1. The highest BCUT2D eigenvalue weighted by atomic mass is 79.9. The lowest BCUT2D eigenvalue weighted by molar-refractivity contribution is -0.385. The number of nitrogens with one attached hydrogen (secondary N) is 1. The predicted molar refractivity (Wildman–Crippen MR) is 66.7 cm³/mol. The minimum Gasteiger partial charge on any atom is -0.394 e. The van der Waals surface area contributed by atoms with E-state index in [1.807, 2.05) is 0 Å². The smallest absolute Gasteiger partial charge is 0.275 e. The molecule has 0 heterocycles. The first-order valence-corrected chi connectivity index (χ1v) is 6.14. The van der Waals surface area contributed by atoms with Gasteiger partial charge in [-0.25, -0.2) is 0 Å². The van der Waals surface area contributed by atoms with Crippen molar-refractivity contribution in [3.63, 3.8) is 0 Å². The van der Waals surface area contributed by atoms with Gasteiger partial charge in [0.05, 0.1) is 11.5 Å². The van der Waals surface area contributed by atoms with E-state index >= 15 is 0 Å². The van der Waals surface area contributed by atoms with Gasteiger partial charge >= 0.3 is 0 Å². The molecule has 2 rings (SSSR count). The van der Waals surface area contributed by atoms with Crippen molar-refractivity contribution in [1.82, 2.24) is 5.32 Å². The van der Waals surface area contributed by atoms with Crippen LogP contribution in [0.2, 0.25) is 0 Å². The Morgan fingerprint density at radius 2 is 2.24 bits per heavy atom. The molecule has 0 atom stereocenters. The van der Waals surface area contributed by atoms with E-state index in [0.29, 0.717) is 16.6 Å². The van der Waals surface area contributed by atoms with Crippen LogP contribution < -0.4 is 5.32 Å². The Labute approximate surface area is 107 Å². The van der Waals surface area contributed by atoms with Gasteiger partial charge in [0.1, 0.15) is 0 Å². The van der Waals surface area contributed by atoms with E-state index in [1.165, 1.54) is 6.07 Å². The fourth-order valence-electron chi connectivity index (χ4n) is 1.68. The molecule has 0 unspecified atom stereocenters. The predicted octanol–water partition coefficient (Wildman–Crippen LogP) is 1.97. The first-order chi connectivity index (χ1) is 8.06. The number of nitrogens with zero attached hydrogens (tertiary/aromatic N) is 1. The van der Waals surface area contributed by atoms with Crippen LogP contribution in [0.3, 0.4) is 0 Å². The normalized spacial score (nSPS) is 16.8. The molecule has 0 bridgehead atoms. The van der Waals surface area contributed by atoms with Crippen LogP contribution in [0, 0.1) is 10.1 Å². The number of halogens is 1. The topological polar surface area (TPSA) is 75.4 Å². The molecule has 1 fully saturated rings. The number of hydrogen-bond donors (Lipinski definition) is 2. The molecule has 0 amide bonds. The maximum Gasteiger partial charge on any atom is 0.275 e. The molecule has 92 valence electrons. The number of nitro benzene ring substituents is 1. The van der Waals surface area contributed by atoms with E-state index in [1.54, 1.807) is 12.1 Å². The van der Waals surface area contributed by atoms with E-state index in [2.05, 4.69) is 21.2 Å². The quantitative estimate of drug-likeness (QED) is 0.644. The van der Waals surface area contributed by atoms with Crippen molar-refractivity contribution in [1.29, 1.82) is 0 Å². The highest BCUT2D eigenvalue weighted by Crippen LogP contribution is 2.35. The van der Waals surface area contributed by atoms with Crippen LogP contribution in [0.15, 0.2) is 22.7 Å². The molecule has 0 aromatic heterocycles. The zero-order valence-electron chi connectivity index (χ0n) is 9.15. The molecule has 0 radical (unpaired) electrons. The minimum atomic E-state index is -0.389. The Morgan fingerprint density at radius 1 is 1.53 bits per heavy atom. The van der Waals surface area contributed by atoms with Crippen molar-refractivity contribution >= 4 is 21.6 Å². The van der Waals surface area contributed by atoms with Crippen molar-refractivity contribution in [2.45, 2.75) is 24.9 Å². The van der Waals surface area contributed by atoms with E-state index in [-0.39, 0.29) is 22.8 Å². The van der Waals surface area contributed by atoms with Crippen molar-refractivity contribution < 1.29 is 10.0 Å². The van der Waals surface area contributed by atoms with Crippen LogP contribution in [0.5, 0.6) is 0 Å². The lowest BCUT2D eigenvalue weighted by Gasteiger charge is -2.14. The van der Waals surface area contributed by atoms with E-state index in [4.69, 9.17) is 5.11 Å². The van der Waals surface area contributed by atoms with Crippen LogP contribution >= 0.6 is 15.9 Å². The highest BCUT2D eigenvalue weighted by Gasteiger charge is 2.41. The summed E-state index contributed by atoms with van der Waals surface area (Å²) in [6.07, 6.45) is 1.85. The molecule has 1 aromatic rings. The van der Waals surface area contributed by atoms with Crippen molar-refractivity contribution in [2.24, 2.45) is 0 Å². The molecule has 0 aliphatic heterocycles. The molecule has 1 aliphatic carbocycles. The van der Waals surface area contributed by atoms with Crippen LogP contribution in [-0.2, 0) is 6.54 Å². The number of nitro groups is 1. The van der Waals surface area contributed by atoms with Crippen LogP contribution in [0.1, 0.15) is 18.4 Å². The summed E-state index contributed by atoms with van der Waals surface area (Å²) >= 11 is 3.22. The van der Waals surface area contributed by atoms with Gasteiger partial charge in [-0.3, -0.25) is 10.1 Å². The van der Waals surface area contributed by atoms with E-state index in [0.717, 1.165) is 12.8 Å². The first kappa shape index (κ1) is 12.5. The molecule has 0 spiro atoms. The molecule has 5 nitrogen and oxygen atoms in total. The third-order valence-corrected chi connectivity index (χ3v) is 3.55. The molecule has 2 N–H and O–H groups in total. The lowest BCUT2D eigenvalue weighted by atomic mass is 10.1. The van der Waals surface area contributed by atoms with Gasteiger partial charge in [-0.15, -0.1) is 0 Å². The maximum absolute atomic E-state index is 10.9. The second-order valence-electron chi connectivity index (χ2n) is 4.32. The Kier molecular flexibility index (Phi) is 3.46.